The molecule has 0 radical (unpaired) electrons. The summed E-state index contributed by atoms with van der Waals surface area (Å²) >= 11 is 0. The predicted octanol–water partition coefficient (Wildman–Crippen LogP) is 2.93. The van der Waals surface area contributed by atoms with Crippen LogP contribution < -0.4 is 14.8 Å². The van der Waals surface area contributed by atoms with E-state index >= 15 is 0 Å². The van der Waals surface area contributed by atoms with Crippen LogP contribution in [-0.2, 0) is 0 Å². The maximum atomic E-state index is 13.5. The number of hydrogen-bond acceptors (Lipinski definition) is 4. The Morgan fingerprint density at radius 3 is 2.43 bits per heavy atom. The van der Waals surface area contributed by atoms with Gasteiger partial charge in [0.1, 0.15) is 18.2 Å². The van der Waals surface area contributed by atoms with Crippen LogP contribution in [0.25, 0.3) is 0 Å². The number of alkyl halides is 4. The zero-order valence-corrected chi connectivity index (χ0v) is 13.3. The molecule has 0 amide bonds. The summed E-state index contributed by atoms with van der Waals surface area (Å²) in [6, 6.07) is 3.05. The fourth-order valence-corrected chi connectivity index (χ4v) is 2.54. The predicted molar refractivity (Wildman–Crippen MR) is 80.1 cm³/mol. The SMILES string of the molecule is COc1ccc(OC(F)(F)F)cc1[C@@H](CF)N1CCNCC1.Cl. The number of nitrogens with zero attached hydrogens (tertiary/aromatic N) is 1. The molecule has 1 atom stereocenters. The molecule has 1 fully saturated rings. The molecule has 1 aromatic rings. The van der Waals surface area contributed by atoms with Crippen molar-refractivity contribution in [2.24, 2.45) is 0 Å². The third-order valence-corrected chi connectivity index (χ3v) is 3.53. The van der Waals surface area contributed by atoms with Crippen LogP contribution in [-0.4, -0.2) is 51.2 Å². The maximum absolute atomic E-state index is 13.5. The van der Waals surface area contributed by atoms with Crippen molar-refractivity contribution < 1.29 is 27.0 Å². The van der Waals surface area contributed by atoms with Gasteiger partial charge >= 0.3 is 6.36 Å². The smallest absolute Gasteiger partial charge is 0.496 e. The molecule has 4 nitrogen and oxygen atoms in total. The van der Waals surface area contributed by atoms with Crippen molar-refractivity contribution in [3.63, 3.8) is 0 Å². The van der Waals surface area contributed by atoms with Gasteiger partial charge in [-0.15, -0.1) is 25.6 Å². The van der Waals surface area contributed by atoms with Gasteiger partial charge < -0.3 is 14.8 Å². The van der Waals surface area contributed by atoms with Crippen LogP contribution in [0.1, 0.15) is 11.6 Å². The maximum Gasteiger partial charge on any atom is 0.573 e. The van der Waals surface area contributed by atoms with Crippen molar-refractivity contribution in [3.05, 3.63) is 23.8 Å². The average Bonchev–Trinajstić information content (AvgIpc) is 2.48. The highest BCUT2D eigenvalue weighted by molar-refractivity contribution is 5.85. The first-order valence-corrected chi connectivity index (χ1v) is 6.89. The van der Waals surface area contributed by atoms with Crippen LogP contribution in [0.4, 0.5) is 17.6 Å². The Hall–Kier alpha value is -1.25. The van der Waals surface area contributed by atoms with E-state index in [0.29, 0.717) is 37.5 Å². The van der Waals surface area contributed by atoms with Gasteiger partial charge in [-0.25, -0.2) is 4.39 Å². The quantitative estimate of drug-likeness (QED) is 0.821. The van der Waals surface area contributed by atoms with E-state index < -0.39 is 19.1 Å². The van der Waals surface area contributed by atoms with E-state index in [1.54, 1.807) is 0 Å². The average molecular weight is 359 g/mol. The second-order valence-electron chi connectivity index (χ2n) is 4.91. The molecule has 0 aliphatic carbocycles. The monoisotopic (exact) mass is 358 g/mol. The highest BCUT2D eigenvalue weighted by Crippen LogP contribution is 2.35. The lowest BCUT2D eigenvalue weighted by atomic mass is 10.0. The van der Waals surface area contributed by atoms with Gasteiger partial charge in [-0.05, 0) is 18.2 Å². The van der Waals surface area contributed by atoms with E-state index in [1.807, 2.05) is 4.90 Å². The first kappa shape index (κ1) is 19.8. The lowest BCUT2D eigenvalue weighted by Crippen LogP contribution is -2.45. The molecule has 0 saturated carbocycles. The second-order valence-corrected chi connectivity index (χ2v) is 4.91. The fraction of sp³-hybridized carbons (Fsp3) is 0.571. The first-order chi connectivity index (χ1) is 10.4. The van der Waals surface area contributed by atoms with E-state index in [-0.39, 0.29) is 18.2 Å². The molecule has 1 aliphatic heterocycles. The molecule has 1 N–H and O–H groups in total. The molecule has 0 spiro atoms. The molecule has 2 rings (SSSR count). The topological polar surface area (TPSA) is 33.7 Å². The van der Waals surface area contributed by atoms with Crippen molar-refractivity contribution in [3.8, 4) is 11.5 Å². The van der Waals surface area contributed by atoms with Crippen molar-refractivity contribution >= 4 is 12.4 Å². The van der Waals surface area contributed by atoms with Gasteiger partial charge in [-0.3, -0.25) is 4.90 Å². The molecular formula is C14H19ClF4N2O2. The number of ether oxygens (including phenoxy) is 2. The Balaban J connectivity index is 0.00000264. The third-order valence-electron chi connectivity index (χ3n) is 3.53. The summed E-state index contributed by atoms with van der Waals surface area (Å²) < 4.78 is 59.6. The van der Waals surface area contributed by atoms with Crippen molar-refractivity contribution in [2.45, 2.75) is 12.4 Å². The zero-order valence-electron chi connectivity index (χ0n) is 12.5. The number of halogens is 5. The van der Waals surface area contributed by atoms with E-state index in [4.69, 9.17) is 4.74 Å². The van der Waals surface area contributed by atoms with Crippen molar-refractivity contribution in [2.75, 3.05) is 40.0 Å². The molecule has 0 aromatic heterocycles. The zero-order chi connectivity index (χ0) is 16.2. The summed E-state index contributed by atoms with van der Waals surface area (Å²) in [5, 5.41) is 3.15. The molecule has 1 aromatic carbocycles. The number of nitrogens with one attached hydrogen (secondary N) is 1. The van der Waals surface area contributed by atoms with Crippen LogP contribution in [0.15, 0.2) is 18.2 Å². The standard InChI is InChI=1S/C14H18F4N2O2.ClH/c1-21-13-3-2-10(22-14(16,17)18)8-11(13)12(9-15)20-6-4-19-5-7-20;/h2-3,8,12,19H,4-7,9H2,1H3;1H/t12-;/m1./s1. The number of benzene rings is 1. The van der Waals surface area contributed by atoms with Crippen LogP contribution in [0.5, 0.6) is 11.5 Å². The highest BCUT2D eigenvalue weighted by atomic mass is 35.5. The van der Waals surface area contributed by atoms with E-state index in [2.05, 4.69) is 10.1 Å². The van der Waals surface area contributed by atoms with Crippen molar-refractivity contribution in [1.82, 2.24) is 10.2 Å². The molecule has 9 heteroatoms. The van der Waals surface area contributed by atoms with Crippen LogP contribution >= 0.6 is 12.4 Å². The molecule has 1 aliphatic rings. The van der Waals surface area contributed by atoms with E-state index in [9.17, 15) is 17.6 Å². The Bertz CT molecular complexity index is 496. The molecule has 1 heterocycles. The molecule has 1 saturated heterocycles. The summed E-state index contributed by atoms with van der Waals surface area (Å²) in [6.45, 7) is 1.92. The summed E-state index contributed by atoms with van der Waals surface area (Å²) in [7, 11) is 1.40. The summed E-state index contributed by atoms with van der Waals surface area (Å²) in [5.41, 5.74) is 0.355. The van der Waals surface area contributed by atoms with E-state index in [0.717, 1.165) is 6.07 Å². The van der Waals surface area contributed by atoms with Gasteiger partial charge in [-0.1, -0.05) is 0 Å². The minimum atomic E-state index is -4.79. The van der Waals surface area contributed by atoms with Crippen molar-refractivity contribution in [1.29, 1.82) is 0 Å². The van der Waals surface area contributed by atoms with Crippen LogP contribution in [0.2, 0.25) is 0 Å². The lowest BCUT2D eigenvalue weighted by molar-refractivity contribution is -0.274. The Morgan fingerprint density at radius 1 is 1.26 bits per heavy atom. The first-order valence-electron chi connectivity index (χ1n) is 6.89. The van der Waals surface area contributed by atoms with Gasteiger partial charge in [0, 0.05) is 31.7 Å². The molecular weight excluding hydrogens is 340 g/mol. The minimum absolute atomic E-state index is 0. The number of rotatable bonds is 5. The van der Waals surface area contributed by atoms with Gasteiger partial charge in [-0.2, -0.15) is 0 Å². The fourth-order valence-electron chi connectivity index (χ4n) is 2.54. The molecule has 0 bridgehead atoms. The Kier molecular flexibility index (Phi) is 7.37. The van der Waals surface area contributed by atoms with Gasteiger partial charge in [0.15, 0.2) is 0 Å². The van der Waals surface area contributed by atoms with Gasteiger partial charge in [0.05, 0.1) is 13.2 Å². The van der Waals surface area contributed by atoms with Crippen LogP contribution in [0, 0.1) is 0 Å². The van der Waals surface area contributed by atoms with Crippen LogP contribution in [0.3, 0.4) is 0 Å². The summed E-state index contributed by atoms with van der Waals surface area (Å²) in [6.07, 6.45) is -4.79. The largest absolute Gasteiger partial charge is 0.573 e. The second kappa shape index (κ2) is 8.56. The third kappa shape index (κ3) is 5.40. The number of methoxy groups -OCH3 is 1. The number of hydrogen-bond donors (Lipinski definition) is 1. The normalized spacial score (nSPS) is 17.3. The number of piperazine rings is 1. The minimum Gasteiger partial charge on any atom is -0.496 e. The Morgan fingerprint density at radius 2 is 1.91 bits per heavy atom. The summed E-state index contributed by atoms with van der Waals surface area (Å²) in [5.74, 6) is -0.0346. The molecule has 23 heavy (non-hydrogen) atoms. The van der Waals surface area contributed by atoms with Gasteiger partial charge in [0.25, 0.3) is 0 Å². The molecule has 132 valence electrons. The molecule has 0 unspecified atom stereocenters. The lowest BCUT2D eigenvalue weighted by Gasteiger charge is -2.34. The van der Waals surface area contributed by atoms with Gasteiger partial charge in [0.2, 0.25) is 0 Å². The van der Waals surface area contributed by atoms with E-state index in [1.165, 1.54) is 19.2 Å². The summed E-state index contributed by atoms with van der Waals surface area (Å²) in [4.78, 5) is 1.88. The Labute approximate surface area is 138 Å². The highest BCUT2D eigenvalue weighted by Gasteiger charge is 2.32.